The quantitative estimate of drug-likeness (QED) is 0.381. The average molecular weight is 402 g/mol. The van der Waals surface area contributed by atoms with Crippen LogP contribution < -0.4 is 0 Å². The number of H-pyrrole nitrogens is 1. The van der Waals surface area contributed by atoms with Gasteiger partial charge in [-0.15, -0.1) is 0 Å². The average Bonchev–Trinajstić information content (AvgIpc) is 3.21. The maximum Gasteiger partial charge on any atom is 0.0471 e. The standard InChI is InChI=1S/C24H20BrN/c1-15-11-22-21(14-23-20(24(22)25)7-4-10-26-23)19(15)9-8-16-12-17-5-2-3-6-18(17)13-16/h2-7,10-12,14,26H,8-9,13H2,1H3. The van der Waals surface area contributed by atoms with E-state index >= 15 is 0 Å². The smallest absolute Gasteiger partial charge is 0.0471 e. The molecule has 1 N–H and O–H groups in total. The SMILES string of the molecule is Cc1cc2c(Br)c3ccc[nH]c3cc2c1CCC1=Cc2ccccc2C1. The van der Waals surface area contributed by atoms with E-state index < -0.39 is 0 Å². The molecule has 2 heteroatoms. The van der Waals surface area contributed by atoms with Crippen molar-refractivity contribution in [1.29, 1.82) is 0 Å². The fourth-order valence-corrected chi connectivity index (χ4v) is 4.96. The van der Waals surface area contributed by atoms with E-state index in [0.717, 1.165) is 19.3 Å². The van der Waals surface area contributed by atoms with E-state index in [-0.39, 0.29) is 0 Å². The van der Waals surface area contributed by atoms with Gasteiger partial charge in [0, 0.05) is 21.6 Å². The summed E-state index contributed by atoms with van der Waals surface area (Å²) in [5.74, 6) is 0. The molecule has 0 bridgehead atoms. The van der Waals surface area contributed by atoms with Gasteiger partial charge in [-0.25, -0.2) is 0 Å². The number of aromatic amines is 1. The maximum atomic E-state index is 3.84. The van der Waals surface area contributed by atoms with Crippen molar-refractivity contribution in [3.05, 3.63) is 87.0 Å². The van der Waals surface area contributed by atoms with Crippen molar-refractivity contribution < 1.29 is 0 Å². The van der Waals surface area contributed by atoms with Gasteiger partial charge in [-0.3, -0.25) is 0 Å². The highest BCUT2D eigenvalue weighted by Gasteiger charge is 2.16. The molecule has 0 saturated carbocycles. The molecule has 1 nitrogen and oxygen atoms in total. The van der Waals surface area contributed by atoms with Crippen LogP contribution in [0.5, 0.6) is 0 Å². The summed E-state index contributed by atoms with van der Waals surface area (Å²) in [4.78, 5) is 3.39. The fourth-order valence-electron chi connectivity index (χ4n) is 4.28. The lowest BCUT2D eigenvalue weighted by Gasteiger charge is -2.07. The number of aryl methyl sites for hydroxylation is 2. The van der Waals surface area contributed by atoms with Crippen molar-refractivity contribution in [3.8, 4) is 0 Å². The number of aromatic nitrogens is 1. The molecule has 0 atom stereocenters. The largest absolute Gasteiger partial charge is 0.361 e. The first-order valence-corrected chi connectivity index (χ1v) is 9.95. The topological polar surface area (TPSA) is 15.8 Å². The van der Waals surface area contributed by atoms with E-state index in [0.29, 0.717) is 0 Å². The van der Waals surface area contributed by atoms with Gasteiger partial charge in [-0.1, -0.05) is 42.0 Å². The lowest BCUT2D eigenvalue weighted by molar-refractivity contribution is 0.919. The van der Waals surface area contributed by atoms with Crippen LogP contribution in [0, 0.1) is 6.92 Å². The molecule has 0 spiro atoms. The van der Waals surface area contributed by atoms with Gasteiger partial charge in [0.15, 0.2) is 0 Å². The summed E-state index contributed by atoms with van der Waals surface area (Å²) in [6.07, 6.45) is 7.71. The highest BCUT2D eigenvalue weighted by atomic mass is 79.9. The van der Waals surface area contributed by atoms with E-state index in [4.69, 9.17) is 0 Å². The summed E-state index contributed by atoms with van der Waals surface area (Å²) in [5.41, 5.74) is 8.48. The van der Waals surface area contributed by atoms with E-state index in [9.17, 15) is 0 Å². The second-order valence-corrected chi connectivity index (χ2v) is 8.06. The maximum absolute atomic E-state index is 3.84. The van der Waals surface area contributed by atoms with Crippen LogP contribution in [0.4, 0.5) is 0 Å². The molecule has 0 amide bonds. The van der Waals surface area contributed by atoms with E-state index in [1.165, 1.54) is 48.4 Å². The second kappa shape index (κ2) is 6.14. The lowest BCUT2D eigenvalue weighted by Crippen LogP contribution is -1.91. The van der Waals surface area contributed by atoms with Gasteiger partial charge in [0.05, 0.1) is 0 Å². The van der Waals surface area contributed by atoms with Crippen molar-refractivity contribution in [1.82, 2.24) is 4.98 Å². The molecule has 0 radical (unpaired) electrons. The molecule has 0 saturated heterocycles. The molecule has 5 rings (SSSR count). The predicted octanol–water partition coefficient (Wildman–Crippen LogP) is 6.96. The molecule has 4 aromatic rings. The number of nitrogens with one attached hydrogen (secondary N) is 1. The van der Waals surface area contributed by atoms with E-state index in [2.05, 4.69) is 82.4 Å². The fraction of sp³-hybridized carbons (Fsp3) is 0.167. The van der Waals surface area contributed by atoms with Crippen LogP contribution in [0.25, 0.3) is 27.8 Å². The zero-order valence-electron chi connectivity index (χ0n) is 14.8. The Morgan fingerprint density at radius 3 is 2.73 bits per heavy atom. The van der Waals surface area contributed by atoms with Gasteiger partial charge in [0.25, 0.3) is 0 Å². The Hall–Kier alpha value is -2.32. The van der Waals surface area contributed by atoms with Gasteiger partial charge in [-0.2, -0.15) is 0 Å². The number of halogens is 1. The Morgan fingerprint density at radius 2 is 1.85 bits per heavy atom. The number of hydrogen-bond donors (Lipinski definition) is 1. The first-order valence-electron chi connectivity index (χ1n) is 9.16. The summed E-state index contributed by atoms with van der Waals surface area (Å²) in [6, 6.07) is 17.6. The van der Waals surface area contributed by atoms with Crippen LogP contribution in [0.1, 0.15) is 28.7 Å². The predicted molar refractivity (Wildman–Crippen MR) is 115 cm³/mol. The van der Waals surface area contributed by atoms with E-state index in [1.54, 1.807) is 5.57 Å². The van der Waals surface area contributed by atoms with Crippen LogP contribution in [0.15, 0.2) is 64.8 Å². The molecule has 1 aliphatic carbocycles. The molecule has 0 fully saturated rings. The Labute approximate surface area is 161 Å². The third-order valence-corrected chi connectivity index (χ3v) is 6.48. The second-order valence-electron chi connectivity index (χ2n) is 7.27. The van der Waals surface area contributed by atoms with Gasteiger partial charge in [0.2, 0.25) is 0 Å². The van der Waals surface area contributed by atoms with Gasteiger partial charge in [0.1, 0.15) is 0 Å². The summed E-state index contributed by atoms with van der Waals surface area (Å²) in [6.45, 7) is 2.24. The highest BCUT2D eigenvalue weighted by Crippen LogP contribution is 2.38. The summed E-state index contributed by atoms with van der Waals surface area (Å²) in [5, 5.41) is 3.94. The van der Waals surface area contributed by atoms with Crippen LogP contribution in [0.3, 0.4) is 0 Å². The third-order valence-electron chi connectivity index (χ3n) is 5.63. The molecule has 26 heavy (non-hydrogen) atoms. The highest BCUT2D eigenvalue weighted by molar-refractivity contribution is 9.10. The molecule has 1 aromatic heterocycles. The van der Waals surface area contributed by atoms with E-state index in [1.807, 2.05) is 6.20 Å². The van der Waals surface area contributed by atoms with Crippen molar-refractivity contribution in [2.45, 2.75) is 26.2 Å². The summed E-state index contributed by atoms with van der Waals surface area (Å²) < 4.78 is 1.20. The van der Waals surface area contributed by atoms with Crippen LogP contribution >= 0.6 is 15.9 Å². The minimum Gasteiger partial charge on any atom is -0.361 e. The zero-order chi connectivity index (χ0) is 17.7. The van der Waals surface area contributed by atoms with Crippen molar-refractivity contribution in [3.63, 3.8) is 0 Å². The Bertz CT molecular complexity index is 1180. The van der Waals surface area contributed by atoms with Gasteiger partial charge in [-0.05, 0) is 93.3 Å². The van der Waals surface area contributed by atoms with Crippen molar-refractivity contribution in [2.75, 3.05) is 0 Å². The molecular weight excluding hydrogens is 382 g/mol. The zero-order valence-corrected chi connectivity index (χ0v) is 16.4. The number of allylic oxidation sites excluding steroid dienone is 1. The van der Waals surface area contributed by atoms with Gasteiger partial charge < -0.3 is 4.98 Å². The van der Waals surface area contributed by atoms with Crippen LogP contribution in [0.2, 0.25) is 0 Å². The van der Waals surface area contributed by atoms with Crippen molar-refractivity contribution >= 4 is 43.7 Å². The minimum absolute atomic E-state index is 1.10. The molecular formula is C24H20BrN. The molecule has 1 aliphatic rings. The molecule has 1 heterocycles. The van der Waals surface area contributed by atoms with Crippen LogP contribution in [-0.2, 0) is 12.8 Å². The monoisotopic (exact) mass is 401 g/mol. The third kappa shape index (κ3) is 2.52. The summed E-state index contributed by atoms with van der Waals surface area (Å²) in [7, 11) is 0. The molecule has 128 valence electrons. The lowest BCUT2D eigenvalue weighted by atomic mass is 10.00. The Balaban J connectivity index is 1.51. The minimum atomic E-state index is 1.10. The molecule has 0 unspecified atom stereocenters. The molecule has 0 aliphatic heterocycles. The Kier molecular flexibility index (Phi) is 3.75. The number of pyridine rings is 1. The molecule has 3 aromatic carbocycles. The number of rotatable bonds is 3. The number of fused-ring (bicyclic) bond motifs is 3. The van der Waals surface area contributed by atoms with Crippen molar-refractivity contribution in [2.24, 2.45) is 0 Å². The number of benzene rings is 2. The van der Waals surface area contributed by atoms with Crippen LogP contribution in [-0.4, -0.2) is 4.98 Å². The summed E-state index contributed by atoms with van der Waals surface area (Å²) >= 11 is 3.84. The van der Waals surface area contributed by atoms with Gasteiger partial charge >= 0.3 is 0 Å². The first kappa shape index (κ1) is 15.9. The Morgan fingerprint density at radius 1 is 0.962 bits per heavy atom. The number of hydrogen-bond acceptors (Lipinski definition) is 0. The first-order chi connectivity index (χ1) is 12.7. The normalized spacial score (nSPS) is 13.4.